The zero-order valence-corrected chi connectivity index (χ0v) is 13.4. The van der Waals surface area contributed by atoms with E-state index >= 15 is 0 Å². The molecule has 20 heavy (non-hydrogen) atoms. The maximum absolute atomic E-state index is 11.1. The van der Waals surface area contributed by atoms with Crippen LogP contribution in [0.4, 0.5) is 0 Å². The molecule has 0 bridgehead atoms. The van der Waals surface area contributed by atoms with Crippen LogP contribution < -0.4 is 4.74 Å². The van der Waals surface area contributed by atoms with Crippen molar-refractivity contribution in [3.05, 3.63) is 57.6 Å². The molecule has 2 aromatic rings. The van der Waals surface area contributed by atoms with Gasteiger partial charge in [-0.2, -0.15) is 0 Å². The van der Waals surface area contributed by atoms with E-state index in [1.807, 2.05) is 25.1 Å². The Morgan fingerprint density at radius 3 is 2.50 bits per heavy atom. The van der Waals surface area contributed by atoms with E-state index in [1.54, 1.807) is 12.1 Å². The topological polar surface area (TPSA) is 26.3 Å². The predicted octanol–water partition coefficient (Wildman–Crippen LogP) is 5.49. The van der Waals surface area contributed by atoms with E-state index in [1.165, 1.54) is 5.56 Å². The Morgan fingerprint density at radius 1 is 1.10 bits per heavy atom. The van der Waals surface area contributed by atoms with E-state index in [4.69, 9.17) is 4.74 Å². The van der Waals surface area contributed by atoms with Gasteiger partial charge in [0.05, 0.1) is 5.56 Å². The highest BCUT2D eigenvalue weighted by molar-refractivity contribution is 9.10. The number of rotatable bonds is 4. The number of carbonyl (C=O) groups excluding carboxylic acids is 1. The molecule has 104 valence electrons. The molecule has 0 aromatic heterocycles. The third-order valence-electron chi connectivity index (χ3n) is 3.20. The standard InChI is InChI=1S/C17H17BrO2/c1-11(2)13-5-4-12(3)17(9-13)20-16-7-6-15(18)8-14(16)10-19/h4-11H,1-3H3. The normalized spacial score (nSPS) is 10.7. The average molecular weight is 333 g/mol. The molecule has 0 saturated heterocycles. The highest BCUT2D eigenvalue weighted by atomic mass is 79.9. The lowest BCUT2D eigenvalue weighted by molar-refractivity contribution is 0.112. The predicted molar refractivity (Wildman–Crippen MR) is 84.9 cm³/mol. The number of hydrogen-bond acceptors (Lipinski definition) is 2. The van der Waals surface area contributed by atoms with Crippen LogP contribution in [0, 0.1) is 6.92 Å². The van der Waals surface area contributed by atoms with Gasteiger partial charge in [-0.25, -0.2) is 0 Å². The van der Waals surface area contributed by atoms with Crippen molar-refractivity contribution in [2.24, 2.45) is 0 Å². The van der Waals surface area contributed by atoms with Gasteiger partial charge in [0.2, 0.25) is 0 Å². The summed E-state index contributed by atoms with van der Waals surface area (Å²) in [7, 11) is 0. The van der Waals surface area contributed by atoms with Gasteiger partial charge < -0.3 is 4.74 Å². The lowest BCUT2D eigenvalue weighted by Crippen LogP contribution is -1.95. The Morgan fingerprint density at radius 2 is 1.85 bits per heavy atom. The molecule has 2 nitrogen and oxygen atoms in total. The van der Waals surface area contributed by atoms with Crippen molar-refractivity contribution in [1.82, 2.24) is 0 Å². The van der Waals surface area contributed by atoms with E-state index in [2.05, 4.69) is 35.8 Å². The second-order valence-corrected chi connectivity index (χ2v) is 6.00. The Balaban J connectivity index is 2.39. The first-order valence-electron chi connectivity index (χ1n) is 6.54. The minimum Gasteiger partial charge on any atom is -0.456 e. The summed E-state index contributed by atoms with van der Waals surface area (Å²) >= 11 is 3.35. The molecule has 0 spiro atoms. The van der Waals surface area contributed by atoms with Crippen LogP contribution in [0.1, 0.15) is 41.3 Å². The number of aldehydes is 1. The van der Waals surface area contributed by atoms with Crippen molar-refractivity contribution in [2.45, 2.75) is 26.7 Å². The summed E-state index contributed by atoms with van der Waals surface area (Å²) in [5, 5.41) is 0. The molecule has 0 aliphatic heterocycles. The van der Waals surface area contributed by atoms with Gasteiger partial charge in [-0.15, -0.1) is 0 Å². The van der Waals surface area contributed by atoms with Gasteiger partial charge >= 0.3 is 0 Å². The summed E-state index contributed by atoms with van der Waals surface area (Å²) in [4.78, 5) is 11.1. The number of aryl methyl sites for hydroxylation is 1. The van der Waals surface area contributed by atoms with E-state index in [0.717, 1.165) is 22.1 Å². The fraction of sp³-hybridized carbons (Fsp3) is 0.235. The van der Waals surface area contributed by atoms with Crippen molar-refractivity contribution >= 4 is 22.2 Å². The molecule has 0 heterocycles. The Labute approximate surface area is 127 Å². The Bertz CT molecular complexity index is 633. The smallest absolute Gasteiger partial charge is 0.153 e. The molecule has 3 heteroatoms. The van der Waals surface area contributed by atoms with Crippen molar-refractivity contribution in [3.63, 3.8) is 0 Å². The number of halogens is 1. The highest BCUT2D eigenvalue weighted by Gasteiger charge is 2.09. The lowest BCUT2D eigenvalue weighted by Gasteiger charge is -2.13. The molecular weight excluding hydrogens is 316 g/mol. The van der Waals surface area contributed by atoms with Crippen LogP contribution in [0.15, 0.2) is 40.9 Å². The Kier molecular flexibility index (Phi) is 4.61. The van der Waals surface area contributed by atoms with Crippen molar-refractivity contribution < 1.29 is 9.53 Å². The molecule has 0 aliphatic carbocycles. The van der Waals surface area contributed by atoms with Gasteiger partial charge in [0, 0.05) is 4.47 Å². The van der Waals surface area contributed by atoms with Crippen LogP contribution in [0.5, 0.6) is 11.5 Å². The second kappa shape index (κ2) is 6.23. The molecule has 0 saturated carbocycles. The third kappa shape index (κ3) is 3.28. The summed E-state index contributed by atoms with van der Waals surface area (Å²) in [5.41, 5.74) is 2.80. The summed E-state index contributed by atoms with van der Waals surface area (Å²) in [5.74, 6) is 1.81. The van der Waals surface area contributed by atoms with Gasteiger partial charge in [0.1, 0.15) is 11.5 Å². The fourth-order valence-electron chi connectivity index (χ4n) is 1.91. The van der Waals surface area contributed by atoms with E-state index < -0.39 is 0 Å². The number of carbonyl (C=O) groups is 1. The van der Waals surface area contributed by atoms with E-state index in [9.17, 15) is 4.79 Å². The number of hydrogen-bond donors (Lipinski definition) is 0. The largest absolute Gasteiger partial charge is 0.456 e. The molecule has 2 aromatic carbocycles. The van der Waals surface area contributed by atoms with Gasteiger partial charge in [-0.05, 0) is 48.2 Å². The Hall–Kier alpha value is -1.61. The summed E-state index contributed by atoms with van der Waals surface area (Å²) in [6.07, 6.45) is 0.807. The van der Waals surface area contributed by atoms with Crippen LogP contribution in [0.25, 0.3) is 0 Å². The van der Waals surface area contributed by atoms with Crippen LogP contribution in [0.2, 0.25) is 0 Å². The zero-order chi connectivity index (χ0) is 14.7. The molecule has 2 rings (SSSR count). The highest BCUT2D eigenvalue weighted by Crippen LogP contribution is 2.31. The maximum atomic E-state index is 11.1. The van der Waals surface area contributed by atoms with E-state index in [-0.39, 0.29) is 0 Å². The molecule has 0 radical (unpaired) electrons. The maximum Gasteiger partial charge on any atom is 0.153 e. The lowest BCUT2D eigenvalue weighted by atomic mass is 10.0. The monoisotopic (exact) mass is 332 g/mol. The molecular formula is C17H17BrO2. The van der Waals surface area contributed by atoms with Crippen molar-refractivity contribution in [1.29, 1.82) is 0 Å². The zero-order valence-electron chi connectivity index (χ0n) is 11.8. The summed E-state index contributed by atoms with van der Waals surface area (Å²) in [6, 6.07) is 11.6. The second-order valence-electron chi connectivity index (χ2n) is 5.08. The minimum absolute atomic E-state index is 0.438. The van der Waals surface area contributed by atoms with Crippen LogP contribution in [-0.4, -0.2) is 6.29 Å². The van der Waals surface area contributed by atoms with Crippen molar-refractivity contribution in [2.75, 3.05) is 0 Å². The molecule has 0 fully saturated rings. The first-order chi connectivity index (χ1) is 9.51. The molecule has 0 unspecified atom stereocenters. The first-order valence-corrected chi connectivity index (χ1v) is 7.33. The van der Waals surface area contributed by atoms with Crippen LogP contribution in [-0.2, 0) is 0 Å². The average Bonchev–Trinajstić information content (AvgIpc) is 2.42. The van der Waals surface area contributed by atoms with Gasteiger partial charge in [-0.1, -0.05) is 41.9 Å². The molecule has 0 atom stereocenters. The quantitative estimate of drug-likeness (QED) is 0.692. The van der Waals surface area contributed by atoms with Crippen LogP contribution in [0.3, 0.4) is 0 Å². The van der Waals surface area contributed by atoms with Gasteiger partial charge in [0.25, 0.3) is 0 Å². The summed E-state index contributed by atoms with van der Waals surface area (Å²) in [6.45, 7) is 6.29. The molecule has 0 amide bonds. The fourth-order valence-corrected chi connectivity index (χ4v) is 2.29. The van der Waals surface area contributed by atoms with Crippen molar-refractivity contribution in [3.8, 4) is 11.5 Å². The molecule has 0 N–H and O–H groups in total. The third-order valence-corrected chi connectivity index (χ3v) is 3.69. The van der Waals surface area contributed by atoms with Gasteiger partial charge in [0.15, 0.2) is 6.29 Å². The number of ether oxygens (including phenoxy) is 1. The van der Waals surface area contributed by atoms with Gasteiger partial charge in [-0.3, -0.25) is 4.79 Å². The van der Waals surface area contributed by atoms with E-state index in [0.29, 0.717) is 17.2 Å². The molecule has 0 aliphatic rings. The number of benzene rings is 2. The first kappa shape index (κ1) is 14.8. The van der Waals surface area contributed by atoms with Crippen LogP contribution >= 0.6 is 15.9 Å². The summed E-state index contributed by atoms with van der Waals surface area (Å²) < 4.78 is 6.79. The minimum atomic E-state index is 0.438. The SMILES string of the molecule is Cc1ccc(C(C)C)cc1Oc1ccc(Br)cc1C=O.